The van der Waals surface area contributed by atoms with E-state index >= 15 is 0 Å². The largest absolute Gasteiger partial charge is 0.494 e. The van der Waals surface area contributed by atoms with Crippen LogP contribution < -0.4 is 14.8 Å². The molecule has 9 nitrogen and oxygen atoms in total. The number of hydrogen-bond acceptors (Lipinski definition) is 7. The van der Waals surface area contributed by atoms with Crippen LogP contribution in [0.25, 0.3) is 0 Å². The summed E-state index contributed by atoms with van der Waals surface area (Å²) < 4.78 is 17.4. The molecule has 0 saturated carbocycles. The van der Waals surface area contributed by atoms with Crippen LogP contribution in [-0.4, -0.2) is 53.2 Å². The van der Waals surface area contributed by atoms with Gasteiger partial charge in [-0.1, -0.05) is 35.5 Å². The molecule has 0 fully saturated rings. The molecule has 9 heteroatoms. The fraction of sp³-hybridized carbons (Fsp3) is 0.273. The standard InChI is InChI=1S/C22H24N4O5/c1-2-29-18-8-10-19(11-9-18)30-13-12-23-21(27)16-31-22(28)20-15-26(25-24-20)14-17-6-4-3-5-7-17/h3-11,15H,2,12-14,16H2,1H3,(H,23,27). The first-order valence-electron chi connectivity index (χ1n) is 9.87. The monoisotopic (exact) mass is 424 g/mol. The summed E-state index contributed by atoms with van der Waals surface area (Å²) in [7, 11) is 0. The van der Waals surface area contributed by atoms with Crippen molar-refractivity contribution in [2.24, 2.45) is 0 Å². The highest BCUT2D eigenvalue weighted by atomic mass is 16.5. The molecule has 1 N–H and O–H groups in total. The van der Waals surface area contributed by atoms with Crippen LogP contribution in [0.3, 0.4) is 0 Å². The Kier molecular flexibility index (Phi) is 7.98. The summed E-state index contributed by atoms with van der Waals surface area (Å²) in [6, 6.07) is 16.9. The summed E-state index contributed by atoms with van der Waals surface area (Å²) in [5, 5.41) is 10.3. The number of rotatable bonds is 11. The molecule has 0 unspecified atom stereocenters. The Morgan fingerprint density at radius 3 is 2.42 bits per heavy atom. The van der Waals surface area contributed by atoms with Crippen molar-refractivity contribution in [2.45, 2.75) is 13.5 Å². The van der Waals surface area contributed by atoms with Crippen molar-refractivity contribution in [3.05, 3.63) is 72.1 Å². The number of carbonyl (C=O) groups is 2. The number of amides is 1. The van der Waals surface area contributed by atoms with Gasteiger partial charge in [-0.3, -0.25) is 4.79 Å². The molecule has 2 aromatic carbocycles. The van der Waals surface area contributed by atoms with Crippen molar-refractivity contribution in [2.75, 3.05) is 26.4 Å². The molecule has 0 aliphatic carbocycles. The maximum Gasteiger partial charge on any atom is 0.361 e. The summed E-state index contributed by atoms with van der Waals surface area (Å²) in [5.41, 5.74) is 1.07. The van der Waals surface area contributed by atoms with E-state index in [9.17, 15) is 9.59 Å². The van der Waals surface area contributed by atoms with Crippen LogP contribution in [0.5, 0.6) is 11.5 Å². The van der Waals surface area contributed by atoms with Gasteiger partial charge >= 0.3 is 5.97 Å². The van der Waals surface area contributed by atoms with E-state index in [1.165, 1.54) is 10.9 Å². The van der Waals surface area contributed by atoms with Crippen LogP contribution in [0.2, 0.25) is 0 Å². The van der Waals surface area contributed by atoms with Crippen LogP contribution in [-0.2, 0) is 16.1 Å². The first-order chi connectivity index (χ1) is 15.1. The van der Waals surface area contributed by atoms with Crippen LogP contribution in [0, 0.1) is 0 Å². The van der Waals surface area contributed by atoms with Crippen LogP contribution in [0.1, 0.15) is 23.0 Å². The molecule has 0 atom stereocenters. The Labute approximate surface area is 179 Å². The van der Waals surface area contributed by atoms with E-state index in [0.29, 0.717) is 18.9 Å². The SMILES string of the molecule is CCOc1ccc(OCCNC(=O)COC(=O)c2cn(Cc3ccccc3)nn2)cc1. The van der Waals surface area contributed by atoms with Gasteiger partial charge in [-0.05, 0) is 36.8 Å². The van der Waals surface area contributed by atoms with E-state index in [0.717, 1.165) is 11.3 Å². The number of nitrogens with zero attached hydrogens (tertiary/aromatic N) is 3. The fourth-order valence-electron chi connectivity index (χ4n) is 2.65. The molecular weight excluding hydrogens is 400 g/mol. The average Bonchev–Trinajstić information content (AvgIpc) is 3.25. The molecule has 3 rings (SSSR count). The van der Waals surface area contributed by atoms with Crippen molar-refractivity contribution < 1.29 is 23.8 Å². The normalized spacial score (nSPS) is 10.4. The summed E-state index contributed by atoms with van der Waals surface area (Å²) in [6.07, 6.45) is 1.48. The molecule has 0 radical (unpaired) electrons. The number of carbonyl (C=O) groups excluding carboxylic acids is 2. The second-order valence-corrected chi connectivity index (χ2v) is 6.47. The van der Waals surface area contributed by atoms with Crippen molar-refractivity contribution >= 4 is 11.9 Å². The van der Waals surface area contributed by atoms with E-state index in [4.69, 9.17) is 14.2 Å². The molecule has 3 aromatic rings. The van der Waals surface area contributed by atoms with Gasteiger partial charge in [0.1, 0.15) is 18.1 Å². The quantitative estimate of drug-likeness (QED) is 0.371. The minimum absolute atomic E-state index is 0.0440. The molecule has 0 saturated heterocycles. The Balaban J connectivity index is 1.33. The predicted molar refractivity (Wildman–Crippen MR) is 112 cm³/mol. The fourth-order valence-corrected chi connectivity index (χ4v) is 2.65. The third-order valence-corrected chi connectivity index (χ3v) is 4.10. The first-order valence-corrected chi connectivity index (χ1v) is 9.87. The lowest BCUT2D eigenvalue weighted by molar-refractivity contribution is -0.124. The Morgan fingerprint density at radius 2 is 1.71 bits per heavy atom. The predicted octanol–water partition coefficient (Wildman–Crippen LogP) is 2.08. The molecule has 31 heavy (non-hydrogen) atoms. The second kappa shape index (κ2) is 11.3. The van der Waals surface area contributed by atoms with E-state index in [1.807, 2.05) is 49.4 Å². The van der Waals surface area contributed by atoms with Gasteiger partial charge < -0.3 is 19.5 Å². The molecule has 1 amide bonds. The lowest BCUT2D eigenvalue weighted by Crippen LogP contribution is -2.32. The number of benzene rings is 2. The third kappa shape index (κ3) is 7.14. The zero-order valence-electron chi connectivity index (χ0n) is 17.2. The van der Waals surface area contributed by atoms with E-state index in [-0.39, 0.29) is 18.8 Å². The van der Waals surface area contributed by atoms with Gasteiger partial charge in [-0.15, -0.1) is 5.10 Å². The molecule has 0 bridgehead atoms. The van der Waals surface area contributed by atoms with Crippen LogP contribution in [0.15, 0.2) is 60.8 Å². The topological polar surface area (TPSA) is 105 Å². The first kappa shape index (κ1) is 21.8. The maximum atomic E-state index is 12.1. The molecule has 1 heterocycles. The summed E-state index contributed by atoms with van der Waals surface area (Å²) >= 11 is 0. The van der Waals surface area contributed by atoms with Crippen molar-refractivity contribution in [1.29, 1.82) is 0 Å². The van der Waals surface area contributed by atoms with E-state index in [2.05, 4.69) is 15.6 Å². The minimum atomic E-state index is -0.708. The van der Waals surface area contributed by atoms with Crippen molar-refractivity contribution in [3.63, 3.8) is 0 Å². The smallest absolute Gasteiger partial charge is 0.361 e. The summed E-state index contributed by atoms with van der Waals surface area (Å²) in [4.78, 5) is 23.9. The average molecular weight is 424 g/mol. The van der Waals surface area contributed by atoms with Crippen LogP contribution >= 0.6 is 0 Å². The molecule has 0 spiro atoms. The van der Waals surface area contributed by atoms with E-state index in [1.54, 1.807) is 12.1 Å². The second-order valence-electron chi connectivity index (χ2n) is 6.47. The Hall–Kier alpha value is -3.88. The molecule has 0 aliphatic heterocycles. The van der Waals surface area contributed by atoms with Gasteiger partial charge in [-0.25, -0.2) is 9.48 Å². The summed E-state index contributed by atoms with van der Waals surface area (Å²) in [5.74, 6) is 0.299. The molecular formula is C22H24N4O5. The lowest BCUT2D eigenvalue weighted by atomic mass is 10.2. The molecule has 162 valence electrons. The van der Waals surface area contributed by atoms with Gasteiger partial charge in [0.15, 0.2) is 12.3 Å². The highest BCUT2D eigenvalue weighted by Crippen LogP contribution is 2.17. The lowest BCUT2D eigenvalue weighted by Gasteiger charge is -2.09. The van der Waals surface area contributed by atoms with Gasteiger partial charge in [-0.2, -0.15) is 0 Å². The van der Waals surface area contributed by atoms with Gasteiger partial charge in [0.05, 0.1) is 25.9 Å². The number of esters is 1. The minimum Gasteiger partial charge on any atom is -0.494 e. The highest BCUT2D eigenvalue weighted by Gasteiger charge is 2.14. The Bertz CT molecular complexity index is 973. The number of aromatic nitrogens is 3. The zero-order valence-corrected chi connectivity index (χ0v) is 17.2. The number of nitrogens with one attached hydrogen (secondary N) is 1. The molecule has 1 aromatic heterocycles. The Morgan fingerprint density at radius 1 is 1.00 bits per heavy atom. The van der Waals surface area contributed by atoms with E-state index < -0.39 is 18.5 Å². The number of hydrogen-bond donors (Lipinski definition) is 1. The number of ether oxygens (including phenoxy) is 3. The van der Waals surface area contributed by atoms with Crippen LogP contribution in [0.4, 0.5) is 0 Å². The van der Waals surface area contributed by atoms with Gasteiger partial charge in [0.25, 0.3) is 5.91 Å². The van der Waals surface area contributed by atoms with Crippen molar-refractivity contribution in [3.8, 4) is 11.5 Å². The summed E-state index contributed by atoms with van der Waals surface area (Å²) in [6.45, 7) is 3.14. The maximum absolute atomic E-state index is 12.1. The van der Waals surface area contributed by atoms with Gasteiger partial charge in [0, 0.05) is 0 Å². The van der Waals surface area contributed by atoms with Gasteiger partial charge in [0.2, 0.25) is 0 Å². The van der Waals surface area contributed by atoms with Crippen molar-refractivity contribution in [1.82, 2.24) is 20.3 Å². The molecule has 0 aliphatic rings. The third-order valence-electron chi connectivity index (χ3n) is 4.10. The highest BCUT2D eigenvalue weighted by molar-refractivity contribution is 5.89. The zero-order chi connectivity index (χ0) is 21.9.